The Morgan fingerprint density at radius 1 is 1.29 bits per heavy atom. The van der Waals surface area contributed by atoms with Crippen molar-refractivity contribution < 1.29 is 14.6 Å². The van der Waals surface area contributed by atoms with Gasteiger partial charge in [-0.25, -0.2) is 0 Å². The van der Waals surface area contributed by atoms with Gasteiger partial charge >= 0.3 is 5.97 Å². The van der Waals surface area contributed by atoms with Gasteiger partial charge in [0.25, 0.3) is 0 Å². The van der Waals surface area contributed by atoms with Crippen LogP contribution < -0.4 is 5.32 Å². The number of nitrogens with one attached hydrogen (secondary N) is 1. The van der Waals surface area contributed by atoms with Crippen LogP contribution in [-0.4, -0.2) is 30.8 Å². The Morgan fingerprint density at radius 3 is 3.00 bits per heavy atom. The molecule has 3 unspecified atom stereocenters. The summed E-state index contributed by atoms with van der Waals surface area (Å²) >= 11 is 0. The highest BCUT2D eigenvalue weighted by atomic mass is 16.5. The number of carboxylic acids is 1. The molecule has 0 amide bonds. The molecule has 0 spiro atoms. The Kier molecular flexibility index (Phi) is 4.56. The molecule has 114 valence electrons. The van der Waals surface area contributed by atoms with Gasteiger partial charge in [0.15, 0.2) is 0 Å². The zero-order valence-corrected chi connectivity index (χ0v) is 12.3. The molecule has 4 nitrogen and oxygen atoms in total. The quantitative estimate of drug-likeness (QED) is 0.874. The first-order valence-corrected chi connectivity index (χ1v) is 7.88. The number of hydrogen-bond acceptors (Lipinski definition) is 3. The van der Waals surface area contributed by atoms with E-state index in [9.17, 15) is 9.90 Å². The maximum Gasteiger partial charge on any atom is 0.306 e. The predicted molar refractivity (Wildman–Crippen MR) is 80.2 cm³/mol. The second-order valence-corrected chi connectivity index (χ2v) is 6.10. The van der Waals surface area contributed by atoms with Crippen LogP contribution in [0.4, 0.5) is 0 Å². The first-order valence-electron chi connectivity index (χ1n) is 7.88. The van der Waals surface area contributed by atoms with Crippen LogP contribution in [0.1, 0.15) is 36.5 Å². The zero-order valence-electron chi connectivity index (χ0n) is 12.3. The maximum atomic E-state index is 11.2. The molecular weight excluding hydrogens is 266 g/mol. The molecule has 1 aromatic rings. The minimum absolute atomic E-state index is 0.0969. The number of carbonyl (C=O) groups is 1. The van der Waals surface area contributed by atoms with Crippen molar-refractivity contribution in [1.82, 2.24) is 5.32 Å². The van der Waals surface area contributed by atoms with E-state index in [2.05, 4.69) is 29.6 Å². The van der Waals surface area contributed by atoms with E-state index in [1.165, 1.54) is 11.1 Å². The first kappa shape index (κ1) is 14.5. The highest BCUT2D eigenvalue weighted by molar-refractivity contribution is 5.70. The van der Waals surface area contributed by atoms with E-state index >= 15 is 0 Å². The third-order valence-corrected chi connectivity index (χ3v) is 4.80. The van der Waals surface area contributed by atoms with Crippen LogP contribution in [-0.2, 0) is 16.0 Å². The lowest BCUT2D eigenvalue weighted by atomic mass is 9.95. The summed E-state index contributed by atoms with van der Waals surface area (Å²) < 4.78 is 5.86. The van der Waals surface area contributed by atoms with E-state index in [4.69, 9.17) is 4.74 Å². The summed E-state index contributed by atoms with van der Waals surface area (Å²) in [6.45, 7) is 2.31. The van der Waals surface area contributed by atoms with Gasteiger partial charge < -0.3 is 15.2 Å². The van der Waals surface area contributed by atoms with Gasteiger partial charge in [-0.2, -0.15) is 0 Å². The molecule has 1 aromatic carbocycles. The van der Waals surface area contributed by atoms with Crippen LogP contribution >= 0.6 is 0 Å². The van der Waals surface area contributed by atoms with Crippen molar-refractivity contribution in [1.29, 1.82) is 0 Å². The van der Waals surface area contributed by atoms with Crippen LogP contribution in [0.3, 0.4) is 0 Å². The molecule has 0 saturated heterocycles. The lowest BCUT2D eigenvalue weighted by Crippen LogP contribution is -2.33. The molecule has 0 aromatic heterocycles. The average molecular weight is 289 g/mol. The molecule has 1 saturated carbocycles. The largest absolute Gasteiger partial charge is 0.481 e. The highest BCUT2D eigenvalue weighted by Gasteiger charge is 2.32. The fourth-order valence-corrected chi connectivity index (χ4v) is 3.65. The molecule has 2 aliphatic rings. The van der Waals surface area contributed by atoms with Gasteiger partial charge in [0.05, 0.1) is 18.6 Å². The molecule has 2 N–H and O–H groups in total. The fraction of sp³-hybridized carbons (Fsp3) is 0.588. The van der Waals surface area contributed by atoms with Crippen LogP contribution in [0.25, 0.3) is 0 Å². The Morgan fingerprint density at radius 2 is 2.14 bits per heavy atom. The monoisotopic (exact) mass is 289 g/mol. The Balaban J connectivity index is 1.53. The number of fused-ring (bicyclic) bond motifs is 1. The van der Waals surface area contributed by atoms with E-state index in [0.29, 0.717) is 0 Å². The molecule has 1 fully saturated rings. The summed E-state index contributed by atoms with van der Waals surface area (Å²) in [6, 6.07) is 8.43. The third-order valence-electron chi connectivity index (χ3n) is 4.80. The predicted octanol–water partition coefficient (Wildman–Crippen LogP) is 2.39. The summed E-state index contributed by atoms with van der Waals surface area (Å²) in [4.78, 5) is 11.2. The number of rotatable bonds is 5. The van der Waals surface area contributed by atoms with E-state index in [1.54, 1.807) is 0 Å². The van der Waals surface area contributed by atoms with Crippen molar-refractivity contribution in [3.05, 3.63) is 35.4 Å². The molecule has 1 aliphatic heterocycles. The molecule has 4 heteroatoms. The second-order valence-electron chi connectivity index (χ2n) is 6.10. The van der Waals surface area contributed by atoms with Crippen molar-refractivity contribution in [2.75, 3.05) is 19.7 Å². The number of hydrogen-bond donors (Lipinski definition) is 2. The highest BCUT2D eigenvalue weighted by Crippen LogP contribution is 2.32. The van der Waals surface area contributed by atoms with E-state index < -0.39 is 5.97 Å². The average Bonchev–Trinajstić information content (AvgIpc) is 2.96. The molecule has 0 bridgehead atoms. The molecule has 21 heavy (non-hydrogen) atoms. The van der Waals surface area contributed by atoms with E-state index in [0.717, 1.165) is 45.4 Å². The van der Waals surface area contributed by atoms with Gasteiger partial charge in [-0.1, -0.05) is 30.7 Å². The van der Waals surface area contributed by atoms with E-state index in [1.807, 2.05) is 0 Å². The minimum atomic E-state index is -0.640. The first-order chi connectivity index (χ1) is 10.3. The number of ether oxygens (including phenoxy) is 1. The number of aliphatic carboxylic acids is 1. The van der Waals surface area contributed by atoms with Crippen LogP contribution in [0.2, 0.25) is 0 Å². The third kappa shape index (κ3) is 3.27. The lowest BCUT2D eigenvalue weighted by molar-refractivity contribution is -0.142. The SMILES string of the molecule is O=C(O)C1CCCC1CNCC1OCCc2ccccc21. The number of carboxylic acid groups (broad SMARTS) is 1. The summed E-state index contributed by atoms with van der Waals surface area (Å²) in [6.07, 6.45) is 3.96. The maximum absolute atomic E-state index is 11.2. The van der Waals surface area contributed by atoms with Gasteiger partial charge in [0.2, 0.25) is 0 Å². The molecular formula is C17H23NO3. The summed E-state index contributed by atoms with van der Waals surface area (Å²) in [7, 11) is 0. The normalized spacial score (nSPS) is 28.3. The van der Waals surface area contributed by atoms with Crippen LogP contribution in [0.5, 0.6) is 0 Å². The standard InChI is InChI=1S/C17H23NO3/c19-17(20)15-7-3-5-13(15)10-18-11-16-14-6-2-1-4-12(14)8-9-21-16/h1-2,4,6,13,15-16,18H,3,5,7-11H2,(H,19,20). The van der Waals surface area contributed by atoms with Crippen molar-refractivity contribution in [3.63, 3.8) is 0 Å². The number of benzene rings is 1. The van der Waals surface area contributed by atoms with E-state index in [-0.39, 0.29) is 17.9 Å². The van der Waals surface area contributed by atoms with Gasteiger partial charge in [0, 0.05) is 6.54 Å². The summed E-state index contributed by atoms with van der Waals surface area (Å²) in [5, 5.41) is 12.6. The van der Waals surface area contributed by atoms with Gasteiger partial charge in [0.1, 0.15) is 0 Å². The van der Waals surface area contributed by atoms with Crippen molar-refractivity contribution >= 4 is 5.97 Å². The van der Waals surface area contributed by atoms with Crippen LogP contribution in [0.15, 0.2) is 24.3 Å². The second kappa shape index (κ2) is 6.58. The molecule has 1 heterocycles. The van der Waals surface area contributed by atoms with Gasteiger partial charge in [-0.15, -0.1) is 0 Å². The lowest BCUT2D eigenvalue weighted by Gasteiger charge is -2.27. The molecule has 3 rings (SSSR count). The fourth-order valence-electron chi connectivity index (χ4n) is 3.65. The van der Waals surface area contributed by atoms with Crippen molar-refractivity contribution in [3.8, 4) is 0 Å². The summed E-state index contributed by atoms with van der Waals surface area (Å²) in [5.41, 5.74) is 2.65. The topological polar surface area (TPSA) is 58.6 Å². The molecule has 0 radical (unpaired) electrons. The van der Waals surface area contributed by atoms with Crippen molar-refractivity contribution in [2.24, 2.45) is 11.8 Å². The zero-order chi connectivity index (χ0) is 14.7. The van der Waals surface area contributed by atoms with Gasteiger partial charge in [-0.05, 0) is 42.9 Å². The Labute approximate surface area is 125 Å². The Bertz CT molecular complexity index is 503. The minimum Gasteiger partial charge on any atom is -0.481 e. The molecule has 3 atom stereocenters. The summed E-state index contributed by atoms with van der Waals surface area (Å²) in [5.74, 6) is -0.544. The van der Waals surface area contributed by atoms with Crippen LogP contribution in [0, 0.1) is 11.8 Å². The van der Waals surface area contributed by atoms with Crippen molar-refractivity contribution in [2.45, 2.75) is 31.8 Å². The smallest absolute Gasteiger partial charge is 0.306 e. The molecule has 1 aliphatic carbocycles. The Hall–Kier alpha value is -1.39. The van der Waals surface area contributed by atoms with Gasteiger partial charge in [-0.3, -0.25) is 4.79 Å².